The highest BCUT2D eigenvalue weighted by Crippen LogP contribution is 2.33. The van der Waals surface area contributed by atoms with Gasteiger partial charge in [-0.2, -0.15) is 0 Å². The van der Waals surface area contributed by atoms with E-state index >= 15 is 0 Å². The number of imide groups is 1. The summed E-state index contributed by atoms with van der Waals surface area (Å²) >= 11 is 0. The van der Waals surface area contributed by atoms with E-state index in [0.717, 1.165) is 18.5 Å². The zero-order valence-corrected chi connectivity index (χ0v) is 17.4. The Morgan fingerprint density at radius 1 is 0.933 bits per heavy atom. The Balaban J connectivity index is 1.86. The molecule has 1 aliphatic heterocycles. The minimum atomic E-state index is -0.393. The molecule has 0 aromatic heterocycles. The number of likely N-dealkylation sites (N-methyl/N-ethyl adjacent to an activating group) is 1. The van der Waals surface area contributed by atoms with Crippen LogP contribution in [-0.4, -0.2) is 43.5 Å². The number of benzene rings is 2. The highest BCUT2D eigenvalue weighted by Gasteiger charge is 2.40. The zero-order valence-electron chi connectivity index (χ0n) is 17.4. The Kier molecular flexibility index (Phi) is 7.36. The number of carbonyl (C=O) groups is 2. The van der Waals surface area contributed by atoms with E-state index in [1.165, 1.54) is 29.2 Å². The lowest BCUT2D eigenvalue weighted by Crippen LogP contribution is -2.35. The average molecular weight is 410 g/mol. The van der Waals surface area contributed by atoms with Crippen molar-refractivity contribution in [1.82, 2.24) is 4.90 Å². The second kappa shape index (κ2) is 10.2. The number of carbonyl (C=O) groups excluding carboxylic acids is 2. The van der Waals surface area contributed by atoms with Gasteiger partial charge in [0.1, 0.15) is 11.5 Å². The van der Waals surface area contributed by atoms with E-state index in [0.29, 0.717) is 36.5 Å². The average Bonchev–Trinajstić information content (AvgIpc) is 3.01. The molecule has 0 atom stereocenters. The quantitative estimate of drug-likeness (QED) is 0.434. The second-order valence-electron chi connectivity index (χ2n) is 7.21. The number of amides is 2. The Bertz CT molecular complexity index is 910. The monoisotopic (exact) mass is 410 g/mol. The van der Waals surface area contributed by atoms with E-state index in [2.05, 4.69) is 6.92 Å². The lowest BCUT2D eigenvalue weighted by Gasteiger charge is -2.21. The summed E-state index contributed by atoms with van der Waals surface area (Å²) in [6, 6.07) is 15.0. The van der Waals surface area contributed by atoms with E-state index in [1.807, 2.05) is 30.3 Å². The molecule has 0 saturated heterocycles. The summed E-state index contributed by atoms with van der Waals surface area (Å²) in [6.45, 7) is 3.55. The summed E-state index contributed by atoms with van der Waals surface area (Å²) in [4.78, 5) is 29.4. The third kappa shape index (κ3) is 4.76. The Morgan fingerprint density at radius 2 is 1.60 bits per heavy atom. The highest BCUT2D eigenvalue weighted by atomic mass is 19.1. The standard InChI is InChI=1S/C24H27FN2O3/c1-3-4-16-30-17-8-15-27-23(28)21(18-11-13-19(25)14-12-18)22(24(27)29)26(2)20-9-6-5-7-10-20/h5-7,9-14H,3-4,8,15-17H2,1-2H3. The molecule has 1 aliphatic rings. The van der Waals surface area contributed by atoms with Crippen LogP contribution in [0.4, 0.5) is 10.1 Å². The van der Waals surface area contributed by atoms with Gasteiger partial charge in [-0.05, 0) is 42.7 Å². The van der Waals surface area contributed by atoms with Gasteiger partial charge >= 0.3 is 0 Å². The molecular weight excluding hydrogens is 383 g/mol. The smallest absolute Gasteiger partial charge is 0.278 e. The van der Waals surface area contributed by atoms with Crippen LogP contribution in [0.15, 0.2) is 60.3 Å². The van der Waals surface area contributed by atoms with Crippen molar-refractivity contribution in [3.05, 3.63) is 71.7 Å². The molecule has 0 unspecified atom stereocenters. The van der Waals surface area contributed by atoms with E-state index in [-0.39, 0.29) is 18.4 Å². The van der Waals surface area contributed by atoms with Crippen LogP contribution in [-0.2, 0) is 14.3 Å². The maximum atomic E-state index is 13.4. The molecule has 5 nitrogen and oxygen atoms in total. The lowest BCUT2D eigenvalue weighted by atomic mass is 10.0. The zero-order chi connectivity index (χ0) is 21.5. The maximum absolute atomic E-state index is 13.4. The number of ether oxygens (including phenoxy) is 1. The second-order valence-corrected chi connectivity index (χ2v) is 7.21. The van der Waals surface area contributed by atoms with Crippen LogP contribution >= 0.6 is 0 Å². The summed E-state index contributed by atoms with van der Waals surface area (Å²) in [6.07, 6.45) is 2.62. The number of anilines is 1. The SMILES string of the molecule is CCCCOCCCN1C(=O)C(c2ccc(F)cc2)=C(N(C)c2ccccc2)C1=O. The van der Waals surface area contributed by atoms with Gasteiger partial charge in [0.2, 0.25) is 0 Å². The molecule has 0 saturated carbocycles. The van der Waals surface area contributed by atoms with Crippen LogP contribution < -0.4 is 4.90 Å². The van der Waals surface area contributed by atoms with Crippen LogP contribution in [0, 0.1) is 5.82 Å². The topological polar surface area (TPSA) is 49.9 Å². The molecule has 6 heteroatoms. The summed E-state index contributed by atoms with van der Waals surface area (Å²) in [7, 11) is 1.76. The van der Waals surface area contributed by atoms with Crippen molar-refractivity contribution in [3.63, 3.8) is 0 Å². The molecule has 0 fully saturated rings. The predicted molar refractivity (Wildman–Crippen MR) is 115 cm³/mol. The minimum Gasteiger partial charge on any atom is -0.381 e. The van der Waals surface area contributed by atoms with Gasteiger partial charge in [-0.15, -0.1) is 0 Å². The molecule has 2 aromatic carbocycles. The fourth-order valence-electron chi connectivity index (χ4n) is 3.41. The van der Waals surface area contributed by atoms with Crippen molar-refractivity contribution < 1.29 is 18.7 Å². The van der Waals surface area contributed by atoms with Gasteiger partial charge < -0.3 is 9.64 Å². The number of unbranched alkanes of at least 4 members (excludes halogenated alkanes) is 1. The first-order valence-electron chi connectivity index (χ1n) is 10.3. The molecule has 30 heavy (non-hydrogen) atoms. The normalized spacial score (nSPS) is 14.0. The number of hydrogen-bond acceptors (Lipinski definition) is 4. The van der Waals surface area contributed by atoms with Gasteiger partial charge in [0, 0.05) is 32.5 Å². The third-order valence-electron chi connectivity index (χ3n) is 5.07. The molecule has 0 spiro atoms. The molecule has 0 radical (unpaired) electrons. The summed E-state index contributed by atoms with van der Waals surface area (Å²) in [5.41, 5.74) is 1.90. The van der Waals surface area contributed by atoms with Crippen LogP contribution in [0.5, 0.6) is 0 Å². The molecule has 3 rings (SSSR count). The van der Waals surface area contributed by atoms with Gasteiger partial charge in [-0.1, -0.05) is 43.7 Å². The molecule has 0 bridgehead atoms. The van der Waals surface area contributed by atoms with Gasteiger partial charge in [-0.3, -0.25) is 14.5 Å². The van der Waals surface area contributed by atoms with Crippen molar-refractivity contribution in [2.75, 3.05) is 31.7 Å². The molecule has 0 N–H and O–H groups in total. The fraction of sp³-hybridized carbons (Fsp3) is 0.333. The number of nitrogens with zero attached hydrogens (tertiary/aromatic N) is 2. The number of rotatable bonds is 10. The van der Waals surface area contributed by atoms with E-state index in [9.17, 15) is 14.0 Å². The van der Waals surface area contributed by atoms with Crippen LogP contribution in [0.25, 0.3) is 5.57 Å². The summed E-state index contributed by atoms with van der Waals surface area (Å²) in [5, 5.41) is 0. The minimum absolute atomic E-state index is 0.278. The Labute approximate surface area is 176 Å². The van der Waals surface area contributed by atoms with Crippen LogP contribution in [0.1, 0.15) is 31.7 Å². The van der Waals surface area contributed by atoms with Crippen molar-refractivity contribution in [1.29, 1.82) is 0 Å². The maximum Gasteiger partial charge on any atom is 0.278 e. The van der Waals surface area contributed by atoms with E-state index < -0.39 is 5.82 Å². The molecule has 1 heterocycles. The number of halogens is 1. The third-order valence-corrected chi connectivity index (χ3v) is 5.07. The number of hydrogen-bond donors (Lipinski definition) is 0. The van der Waals surface area contributed by atoms with Crippen LogP contribution in [0.2, 0.25) is 0 Å². The summed E-state index contributed by atoms with van der Waals surface area (Å²) < 4.78 is 19.0. The molecular formula is C24H27FN2O3. The van der Waals surface area contributed by atoms with Crippen molar-refractivity contribution in [2.45, 2.75) is 26.2 Å². The fourth-order valence-corrected chi connectivity index (χ4v) is 3.41. The molecule has 2 amide bonds. The highest BCUT2D eigenvalue weighted by molar-refractivity contribution is 6.36. The first kappa shape index (κ1) is 21.7. The Morgan fingerprint density at radius 3 is 2.27 bits per heavy atom. The first-order valence-corrected chi connectivity index (χ1v) is 10.3. The van der Waals surface area contributed by atoms with Gasteiger partial charge in [0.15, 0.2) is 0 Å². The van der Waals surface area contributed by atoms with E-state index in [4.69, 9.17) is 4.74 Å². The Hall–Kier alpha value is -2.99. The predicted octanol–water partition coefficient (Wildman–Crippen LogP) is 4.25. The summed E-state index contributed by atoms with van der Waals surface area (Å²) in [5.74, 6) is -1.10. The van der Waals surface area contributed by atoms with Crippen molar-refractivity contribution >= 4 is 23.1 Å². The molecule has 2 aromatic rings. The molecule has 158 valence electrons. The van der Waals surface area contributed by atoms with Gasteiger partial charge in [-0.25, -0.2) is 4.39 Å². The van der Waals surface area contributed by atoms with Gasteiger partial charge in [0.05, 0.1) is 5.57 Å². The van der Waals surface area contributed by atoms with Crippen molar-refractivity contribution in [2.24, 2.45) is 0 Å². The number of para-hydroxylation sites is 1. The molecule has 0 aliphatic carbocycles. The lowest BCUT2D eigenvalue weighted by molar-refractivity contribution is -0.137. The van der Waals surface area contributed by atoms with E-state index in [1.54, 1.807) is 11.9 Å². The first-order chi connectivity index (χ1) is 14.5. The van der Waals surface area contributed by atoms with Crippen LogP contribution in [0.3, 0.4) is 0 Å². The van der Waals surface area contributed by atoms with Crippen molar-refractivity contribution in [3.8, 4) is 0 Å². The largest absolute Gasteiger partial charge is 0.381 e. The van der Waals surface area contributed by atoms with Gasteiger partial charge in [0.25, 0.3) is 11.8 Å².